The van der Waals surface area contributed by atoms with Crippen molar-refractivity contribution in [2.75, 3.05) is 6.67 Å². The highest BCUT2D eigenvalue weighted by atomic mass is 32.2. The van der Waals surface area contributed by atoms with E-state index < -0.39 is 28.4 Å². The lowest BCUT2D eigenvalue weighted by molar-refractivity contribution is 0.0842. The molecular formula is C11H20FNO2S. The monoisotopic (exact) mass is 249 g/mol. The third-order valence-electron chi connectivity index (χ3n) is 2.40. The number of hydrogen-bond acceptors (Lipinski definition) is 2. The van der Waals surface area contributed by atoms with Gasteiger partial charge in [0.15, 0.2) is 0 Å². The van der Waals surface area contributed by atoms with Gasteiger partial charge in [-0.2, -0.15) is 0 Å². The first-order valence-electron chi connectivity index (χ1n) is 5.49. The molecule has 0 aromatic rings. The number of alkyl halides is 1. The molecule has 1 aliphatic heterocycles. The van der Waals surface area contributed by atoms with Crippen LogP contribution in [-0.2, 0) is 15.7 Å². The predicted molar refractivity (Wildman–Crippen MR) is 64.0 cm³/mol. The lowest BCUT2D eigenvalue weighted by Crippen LogP contribution is -2.47. The van der Waals surface area contributed by atoms with Crippen LogP contribution in [0.3, 0.4) is 0 Å². The average molecular weight is 249 g/mol. The van der Waals surface area contributed by atoms with Crippen LogP contribution in [0.4, 0.5) is 4.39 Å². The Morgan fingerprint density at radius 2 is 2.31 bits per heavy atom. The zero-order chi connectivity index (χ0) is 12.2. The van der Waals surface area contributed by atoms with Crippen molar-refractivity contribution in [3.63, 3.8) is 0 Å². The zero-order valence-corrected chi connectivity index (χ0v) is 10.8. The van der Waals surface area contributed by atoms with Crippen molar-refractivity contribution in [3.8, 4) is 0 Å². The first-order valence-corrected chi connectivity index (χ1v) is 6.64. The predicted octanol–water partition coefficient (Wildman–Crippen LogP) is 2.07. The summed E-state index contributed by atoms with van der Waals surface area (Å²) < 4.78 is 32.5. The number of ether oxygens (including phenoxy) is 1. The molecule has 0 saturated heterocycles. The molecule has 1 aliphatic rings. The SMILES string of the molecule is CC(C)(C)S(=O)N[C@H](CF)[C@@H]1CCC=CO1. The maximum atomic E-state index is 12.9. The van der Waals surface area contributed by atoms with Gasteiger partial charge >= 0.3 is 0 Å². The molecule has 94 valence electrons. The van der Waals surface area contributed by atoms with Crippen LogP contribution in [0, 0.1) is 0 Å². The van der Waals surface area contributed by atoms with Crippen LogP contribution in [0.5, 0.6) is 0 Å². The molecule has 0 aromatic carbocycles. The molecule has 1 unspecified atom stereocenters. The van der Waals surface area contributed by atoms with Crippen molar-refractivity contribution in [1.29, 1.82) is 0 Å². The van der Waals surface area contributed by atoms with Gasteiger partial charge in [0.25, 0.3) is 0 Å². The highest BCUT2D eigenvalue weighted by molar-refractivity contribution is 7.84. The molecule has 0 aromatic heterocycles. The van der Waals surface area contributed by atoms with E-state index in [9.17, 15) is 8.60 Å². The summed E-state index contributed by atoms with van der Waals surface area (Å²) in [6.07, 6.45) is 4.93. The standard InChI is InChI=1S/C11H20FNO2S/c1-11(2,3)16(14)13-9(8-12)10-6-4-5-7-15-10/h5,7,9-10,13H,4,6,8H2,1-3H3/t9-,10+,16?/m1/s1. The Morgan fingerprint density at radius 1 is 1.62 bits per heavy atom. The summed E-state index contributed by atoms with van der Waals surface area (Å²) in [5.74, 6) is 0. The zero-order valence-electron chi connectivity index (χ0n) is 10.0. The summed E-state index contributed by atoms with van der Waals surface area (Å²) in [6.45, 7) is 4.99. The highest BCUT2D eigenvalue weighted by Crippen LogP contribution is 2.17. The second kappa shape index (κ2) is 5.77. The summed E-state index contributed by atoms with van der Waals surface area (Å²) in [7, 11) is -1.26. The first kappa shape index (κ1) is 13.6. The van der Waals surface area contributed by atoms with E-state index in [1.165, 1.54) is 0 Å². The number of rotatable bonds is 4. The van der Waals surface area contributed by atoms with Crippen LogP contribution < -0.4 is 4.72 Å². The Kier molecular flexibility index (Phi) is 4.92. The van der Waals surface area contributed by atoms with Gasteiger partial charge in [-0.3, -0.25) is 0 Å². The fourth-order valence-electron chi connectivity index (χ4n) is 1.37. The van der Waals surface area contributed by atoms with Crippen LogP contribution >= 0.6 is 0 Å². The van der Waals surface area contributed by atoms with Crippen molar-refractivity contribution in [3.05, 3.63) is 12.3 Å². The van der Waals surface area contributed by atoms with Gasteiger partial charge in [0.1, 0.15) is 12.8 Å². The van der Waals surface area contributed by atoms with Crippen molar-refractivity contribution < 1.29 is 13.3 Å². The van der Waals surface area contributed by atoms with Crippen molar-refractivity contribution in [2.45, 2.75) is 50.5 Å². The van der Waals surface area contributed by atoms with E-state index in [1.54, 1.807) is 6.26 Å². The molecule has 16 heavy (non-hydrogen) atoms. The van der Waals surface area contributed by atoms with E-state index in [0.29, 0.717) is 0 Å². The molecule has 1 N–H and O–H groups in total. The van der Waals surface area contributed by atoms with E-state index >= 15 is 0 Å². The van der Waals surface area contributed by atoms with Gasteiger partial charge in [-0.05, 0) is 39.7 Å². The van der Waals surface area contributed by atoms with Crippen molar-refractivity contribution in [2.24, 2.45) is 0 Å². The molecule has 3 atom stereocenters. The molecule has 0 fully saturated rings. The number of nitrogens with one attached hydrogen (secondary N) is 1. The van der Waals surface area contributed by atoms with Gasteiger partial charge in [0.2, 0.25) is 0 Å². The smallest absolute Gasteiger partial charge is 0.117 e. The molecule has 0 aliphatic carbocycles. The normalized spacial score (nSPS) is 24.9. The molecule has 1 rings (SSSR count). The van der Waals surface area contributed by atoms with Gasteiger partial charge in [-0.15, -0.1) is 0 Å². The maximum absolute atomic E-state index is 12.9. The minimum Gasteiger partial charge on any atom is -0.497 e. The van der Waals surface area contributed by atoms with E-state index in [4.69, 9.17) is 4.74 Å². The van der Waals surface area contributed by atoms with E-state index in [2.05, 4.69) is 4.72 Å². The fraction of sp³-hybridized carbons (Fsp3) is 0.818. The molecule has 5 heteroatoms. The molecule has 0 spiro atoms. The first-order chi connectivity index (χ1) is 7.45. The topological polar surface area (TPSA) is 38.3 Å². The van der Waals surface area contributed by atoms with Crippen LogP contribution in [0.15, 0.2) is 12.3 Å². The second-order valence-corrected chi connectivity index (χ2v) is 6.88. The van der Waals surface area contributed by atoms with Gasteiger partial charge in [-0.1, -0.05) is 0 Å². The molecule has 0 amide bonds. The lowest BCUT2D eigenvalue weighted by Gasteiger charge is -2.29. The second-order valence-electron chi connectivity index (χ2n) is 4.88. The van der Waals surface area contributed by atoms with Gasteiger partial charge < -0.3 is 4.74 Å². The summed E-state index contributed by atoms with van der Waals surface area (Å²) in [5, 5.41) is 0. The van der Waals surface area contributed by atoms with Gasteiger partial charge in [0, 0.05) is 0 Å². The Labute approximate surface area is 99.0 Å². The molecule has 3 nitrogen and oxygen atoms in total. The minimum absolute atomic E-state index is 0.221. The minimum atomic E-state index is -1.26. The summed E-state index contributed by atoms with van der Waals surface area (Å²) in [5.41, 5.74) is 0. The van der Waals surface area contributed by atoms with Crippen LogP contribution in [0.25, 0.3) is 0 Å². The van der Waals surface area contributed by atoms with Crippen LogP contribution in [0.1, 0.15) is 33.6 Å². The van der Waals surface area contributed by atoms with Crippen molar-refractivity contribution >= 4 is 11.0 Å². The third-order valence-corrected chi connectivity index (χ3v) is 4.03. The molecule has 1 heterocycles. The maximum Gasteiger partial charge on any atom is 0.117 e. The lowest BCUT2D eigenvalue weighted by atomic mass is 10.1. The molecule has 0 saturated carbocycles. The van der Waals surface area contributed by atoms with E-state index in [0.717, 1.165) is 12.8 Å². The Balaban J connectivity index is 2.55. The van der Waals surface area contributed by atoms with Gasteiger partial charge in [0.05, 0.1) is 28.0 Å². The van der Waals surface area contributed by atoms with Gasteiger partial charge in [-0.25, -0.2) is 13.3 Å². The Morgan fingerprint density at radius 3 is 2.75 bits per heavy atom. The quantitative estimate of drug-likeness (QED) is 0.828. The number of hydrogen-bond donors (Lipinski definition) is 1. The van der Waals surface area contributed by atoms with Crippen LogP contribution in [-0.4, -0.2) is 27.8 Å². The highest BCUT2D eigenvalue weighted by Gasteiger charge is 2.29. The van der Waals surface area contributed by atoms with Crippen LogP contribution in [0.2, 0.25) is 0 Å². The average Bonchev–Trinajstić information content (AvgIpc) is 2.25. The summed E-state index contributed by atoms with van der Waals surface area (Å²) in [4.78, 5) is 0. The molecule has 0 radical (unpaired) electrons. The third kappa shape index (κ3) is 3.87. The van der Waals surface area contributed by atoms with Crippen molar-refractivity contribution in [1.82, 2.24) is 4.72 Å². The number of halogens is 1. The summed E-state index contributed by atoms with van der Waals surface area (Å²) >= 11 is 0. The largest absolute Gasteiger partial charge is 0.497 e. The number of allylic oxidation sites excluding steroid dienone is 1. The van der Waals surface area contributed by atoms with E-state index in [-0.39, 0.29) is 6.10 Å². The fourth-order valence-corrected chi connectivity index (χ4v) is 2.21. The summed E-state index contributed by atoms with van der Waals surface area (Å²) in [6, 6.07) is -0.495. The Hall–Kier alpha value is -0.420. The molecule has 0 bridgehead atoms. The molecular weight excluding hydrogens is 229 g/mol. The van der Waals surface area contributed by atoms with E-state index in [1.807, 2.05) is 26.8 Å². The Bertz CT molecular complexity index is 276.